The molecular weight excluding hydrogens is 564 g/mol. The lowest BCUT2D eigenvalue weighted by Gasteiger charge is -2.21. The maximum Gasteiger partial charge on any atom is 0.253 e. The lowest BCUT2D eigenvalue weighted by Crippen LogP contribution is -2.32. The summed E-state index contributed by atoms with van der Waals surface area (Å²) in [6.45, 7) is 6.62. The molecule has 2 amide bonds. The molecule has 0 radical (unpaired) electrons. The summed E-state index contributed by atoms with van der Waals surface area (Å²) in [6, 6.07) is 9.35. The number of halogens is 4. The number of nitrogens with one attached hydrogen (secondary N) is 2. The van der Waals surface area contributed by atoms with Crippen LogP contribution in [0.15, 0.2) is 41.6 Å². The van der Waals surface area contributed by atoms with E-state index in [1.54, 1.807) is 30.3 Å². The molecule has 0 spiro atoms. The summed E-state index contributed by atoms with van der Waals surface area (Å²) in [4.78, 5) is 25.5. The highest BCUT2D eigenvalue weighted by Crippen LogP contribution is 2.30. The number of anilines is 1. The highest BCUT2D eigenvalue weighted by Gasteiger charge is 2.25. The second-order valence-electron chi connectivity index (χ2n) is 8.30. The third kappa shape index (κ3) is 7.29. The van der Waals surface area contributed by atoms with Gasteiger partial charge in [-0.05, 0) is 49.6 Å². The molecule has 0 fully saturated rings. The molecule has 7 nitrogen and oxygen atoms in total. The second kappa shape index (κ2) is 13.0. The largest absolute Gasteiger partial charge is 0.342 e. The van der Waals surface area contributed by atoms with E-state index in [2.05, 4.69) is 34.7 Å². The van der Waals surface area contributed by atoms with Gasteiger partial charge in [0.25, 0.3) is 5.91 Å². The number of benzene rings is 2. The van der Waals surface area contributed by atoms with E-state index in [0.717, 1.165) is 0 Å². The Hall–Kier alpha value is -1.97. The van der Waals surface area contributed by atoms with E-state index in [-0.39, 0.29) is 33.5 Å². The smallest absolute Gasteiger partial charge is 0.253 e. The lowest BCUT2D eigenvalue weighted by atomic mass is 10.0. The van der Waals surface area contributed by atoms with Gasteiger partial charge < -0.3 is 15.2 Å². The Labute approximate surface area is 234 Å². The Bertz CT molecular complexity index is 1250. The zero-order valence-corrected chi connectivity index (χ0v) is 23.7. The Kier molecular flexibility index (Phi) is 10.3. The first-order valence-electron chi connectivity index (χ1n) is 11.2. The third-order valence-electron chi connectivity index (χ3n) is 5.12. The second-order valence-corrected chi connectivity index (χ2v) is 10.9. The number of aromatic nitrogens is 3. The van der Waals surface area contributed by atoms with E-state index in [4.69, 9.17) is 46.4 Å². The minimum atomic E-state index is -0.412. The van der Waals surface area contributed by atoms with Gasteiger partial charge >= 0.3 is 0 Å². The van der Waals surface area contributed by atoms with Gasteiger partial charge in [-0.15, -0.1) is 10.2 Å². The van der Waals surface area contributed by atoms with Crippen molar-refractivity contribution in [2.24, 2.45) is 5.92 Å². The first-order chi connectivity index (χ1) is 17.1. The lowest BCUT2D eigenvalue weighted by molar-refractivity contribution is -0.113. The molecule has 1 heterocycles. The molecule has 0 saturated heterocycles. The summed E-state index contributed by atoms with van der Waals surface area (Å²) in [5.41, 5.74) is 0.760. The van der Waals surface area contributed by atoms with Crippen LogP contribution < -0.4 is 10.6 Å². The number of hydrogen-bond donors (Lipinski definition) is 2. The number of carbonyl (C=O) groups excluding carboxylic acids is 2. The molecule has 0 aliphatic rings. The normalized spacial score (nSPS) is 12.0. The van der Waals surface area contributed by atoms with Gasteiger partial charge in [0.05, 0.1) is 38.1 Å². The highest BCUT2D eigenvalue weighted by atomic mass is 35.5. The number of rotatable bonds is 10. The fourth-order valence-corrected chi connectivity index (χ4v) is 5.14. The molecule has 3 aromatic rings. The molecule has 0 aliphatic heterocycles. The van der Waals surface area contributed by atoms with Crippen molar-refractivity contribution < 1.29 is 9.59 Å². The van der Waals surface area contributed by atoms with E-state index >= 15 is 0 Å². The first kappa shape index (κ1) is 28.6. The summed E-state index contributed by atoms with van der Waals surface area (Å²) in [6.07, 6.45) is 0.632. The molecular formula is C24H25Cl4N5O2S. The summed E-state index contributed by atoms with van der Waals surface area (Å²) in [5, 5.41) is 16.4. The molecule has 36 heavy (non-hydrogen) atoms. The van der Waals surface area contributed by atoms with Crippen molar-refractivity contribution in [3.05, 3.63) is 67.9 Å². The SMILES string of the molecule is CCn1c(SCC(=O)Nc2cccc(Cl)c2Cl)nnc1[C@H](CC(C)C)NC(=O)c1ccc(Cl)cc1Cl. The van der Waals surface area contributed by atoms with E-state index in [0.29, 0.717) is 45.2 Å². The van der Waals surface area contributed by atoms with Crippen LogP contribution in [0.5, 0.6) is 0 Å². The van der Waals surface area contributed by atoms with Crippen LogP contribution in [0.25, 0.3) is 0 Å². The topological polar surface area (TPSA) is 88.9 Å². The Morgan fingerprint density at radius 3 is 2.47 bits per heavy atom. The van der Waals surface area contributed by atoms with Crippen molar-refractivity contribution in [2.75, 3.05) is 11.1 Å². The fourth-order valence-electron chi connectivity index (χ4n) is 3.49. The van der Waals surface area contributed by atoms with Crippen molar-refractivity contribution in [2.45, 2.75) is 44.9 Å². The maximum atomic E-state index is 13.0. The van der Waals surface area contributed by atoms with Gasteiger partial charge in [-0.1, -0.05) is 78.1 Å². The number of hydrogen-bond acceptors (Lipinski definition) is 5. The molecule has 12 heteroatoms. The highest BCUT2D eigenvalue weighted by molar-refractivity contribution is 7.99. The number of nitrogens with zero attached hydrogens (tertiary/aromatic N) is 3. The van der Waals surface area contributed by atoms with Gasteiger partial charge in [-0.3, -0.25) is 9.59 Å². The molecule has 192 valence electrons. The maximum absolute atomic E-state index is 13.0. The van der Waals surface area contributed by atoms with Gasteiger partial charge in [0.15, 0.2) is 11.0 Å². The average molecular weight is 589 g/mol. The van der Waals surface area contributed by atoms with Crippen LogP contribution in [0.1, 0.15) is 49.4 Å². The van der Waals surface area contributed by atoms with Gasteiger partial charge in [0.2, 0.25) is 5.91 Å². The monoisotopic (exact) mass is 587 g/mol. The minimum Gasteiger partial charge on any atom is -0.342 e. The quantitative estimate of drug-likeness (QED) is 0.245. The molecule has 2 aromatic carbocycles. The Morgan fingerprint density at radius 1 is 1.06 bits per heavy atom. The number of thioether (sulfide) groups is 1. The molecule has 1 aromatic heterocycles. The standard InChI is InChI=1S/C24H25Cl4N5O2S/c1-4-33-22(19(10-13(2)3)30-23(35)15-9-8-14(25)11-17(15)27)31-32-24(33)36-12-20(34)29-18-7-5-6-16(26)21(18)28/h5-9,11,13,19H,4,10,12H2,1-3H3,(H,29,34)(H,30,35)/t19-/m0/s1. The van der Waals surface area contributed by atoms with E-state index < -0.39 is 6.04 Å². The summed E-state index contributed by atoms with van der Waals surface area (Å²) >= 11 is 25.6. The van der Waals surface area contributed by atoms with E-state index in [9.17, 15) is 9.59 Å². The van der Waals surface area contributed by atoms with Crippen LogP contribution in [-0.4, -0.2) is 32.3 Å². The van der Waals surface area contributed by atoms with Crippen molar-refractivity contribution in [1.82, 2.24) is 20.1 Å². The molecule has 0 unspecified atom stereocenters. The summed E-state index contributed by atoms with van der Waals surface area (Å²) < 4.78 is 1.89. The predicted molar refractivity (Wildman–Crippen MR) is 148 cm³/mol. The third-order valence-corrected chi connectivity index (χ3v) is 7.45. The predicted octanol–water partition coefficient (Wildman–Crippen LogP) is 7.16. The van der Waals surface area contributed by atoms with E-state index in [1.807, 2.05) is 11.5 Å². The Balaban J connectivity index is 1.76. The van der Waals surface area contributed by atoms with Crippen LogP contribution in [0, 0.1) is 5.92 Å². The van der Waals surface area contributed by atoms with Crippen LogP contribution >= 0.6 is 58.2 Å². The van der Waals surface area contributed by atoms with Crippen LogP contribution in [0.3, 0.4) is 0 Å². The fraction of sp³-hybridized carbons (Fsp3) is 0.333. The molecule has 1 atom stereocenters. The minimum absolute atomic E-state index is 0.0859. The van der Waals surface area contributed by atoms with Crippen LogP contribution in [0.2, 0.25) is 20.1 Å². The molecule has 0 bridgehead atoms. The van der Waals surface area contributed by atoms with Crippen LogP contribution in [0.4, 0.5) is 5.69 Å². The van der Waals surface area contributed by atoms with Gasteiger partial charge in [-0.25, -0.2) is 0 Å². The van der Waals surface area contributed by atoms with Gasteiger partial charge in [0, 0.05) is 11.6 Å². The van der Waals surface area contributed by atoms with Crippen LogP contribution in [-0.2, 0) is 11.3 Å². The van der Waals surface area contributed by atoms with Gasteiger partial charge in [-0.2, -0.15) is 0 Å². The van der Waals surface area contributed by atoms with E-state index in [1.165, 1.54) is 17.8 Å². The molecule has 0 saturated carbocycles. The zero-order chi connectivity index (χ0) is 26.4. The molecule has 3 rings (SSSR count). The first-order valence-corrected chi connectivity index (χ1v) is 13.7. The Morgan fingerprint density at radius 2 is 1.81 bits per heavy atom. The molecule has 0 aliphatic carbocycles. The number of carbonyl (C=O) groups is 2. The number of amides is 2. The summed E-state index contributed by atoms with van der Waals surface area (Å²) in [7, 11) is 0. The van der Waals surface area contributed by atoms with Gasteiger partial charge in [0.1, 0.15) is 0 Å². The van der Waals surface area contributed by atoms with Crippen molar-refractivity contribution >= 4 is 75.7 Å². The summed E-state index contributed by atoms with van der Waals surface area (Å²) in [5.74, 6) is 0.358. The van der Waals surface area contributed by atoms with Crippen molar-refractivity contribution in [3.8, 4) is 0 Å². The van der Waals surface area contributed by atoms with Crippen molar-refractivity contribution in [1.29, 1.82) is 0 Å². The zero-order valence-electron chi connectivity index (χ0n) is 19.8. The van der Waals surface area contributed by atoms with Crippen molar-refractivity contribution in [3.63, 3.8) is 0 Å². The average Bonchev–Trinajstić information content (AvgIpc) is 3.22. The molecule has 2 N–H and O–H groups in total.